The van der Waals surface area contributed by atoms with Crippen LogP contribution in [0.15, 0.2) is 53.1 Å². The highest BCUT2D eigenvalue weighted by atomic mass is 16.5. The molecular weight excluding hydrogens is 410 g/mol. The molecule has 1 saturated heterocycles. The number of nitrogens with zero attached hydrogens (tertiary/aromatic N) is 2. The number of imide groups is 1. The first-order chi connectivity index (χ1) is 15.5. The van der Waals surface area contributed by atoms with E-state index in [0.717, 1.165) is 16.7 Å². The predicted molar refractivity (Wildman–Crippen MR) is 113 cm³/mol. The lowest BCUT2D eigenvalue weighted by molar-refractivity contribution is -0.136. The number of nitrogens with one attached hydrogen (secondary N) is 1. The molecule has 0 saturated carbocycles. The first-order valence-corrected chi connectivity index (χ1v) is 10.4. The van der Waals surface area contributed by atoms with Crippen LogP contribution in [0, 0.1) is 6.92 Å². The number of fused-ring (bicyclic) bond motifs is 1. The van der Waals surface area contributed by atoms with E-state index >= 15 is 0 Å². The minimum Gasteiger partial charge on any atom is -0.485 e. The molecule has 1 aromatic heterocycles. The highest BCUT2D eigenvalue weighted by molar-refractivity contribution is 6.05. The molecule has 0 spiro atoms. The van der Waals surface area contributed by atoms with Gasteiger partial charge in [0.05, 0.1) is 12.7 Å². The summed E-state index contributed by atoms with van der Waals surface area (Å²) in [5.74, 6) is 0.650. The van der Waals surface area contributed by atoms with Crippen molar-refractivity contribution < 1.29 is 23.5 Å². The zero-order valence-corrected chi connectivity index (χ0v) is 17.5. The van der Waals surface area contributed by atoms with Crippen molar-refractivity contribution in [2.24, 2.45) is 0 Å². The fraction of sp³-hybridized carbons (Fsp3) is 0.250. The van der Waals surface area contributed by atoms with E-state index in [0.29, 0.717) is 29.4 Å². The Bertz CT molecular complexity index is 1210. The Morgan fingerprint density at radius 1 is 1.16 bits per heavy atom. The Kier molecular flexibility index (Phi) is 4.97. The summed E-state index contributed by atoms with van der Waals surface area (Å²) >= 11 is 0. The number of ether oxygens (including phenoxy) is 1. The van der Waals surface area contributed by atoms with Gasteiger partial charge in [-0.25, -0.2) is 4.98 Å². The van der Waals surface area contributed by atoms with Crippen molar-refractivity contribution in [2.45, 2.75) is 39.0 Å². The molecule has 3 heterocycles. The molecule has 1 fully saturated rings. The summed E-state index contributed by atoms with van der Waals surface area (Å²) in [6, 6.07) is 12.5. The highest BCUT2D eigenvalue weighted by Gasteiger charge is 2.40. The van der Waals surface area contributed by atoms with Crippen molar-refractivity contribution in [3.63, 3.8) is 0 Å². The van der Waals surface area contributed by atoms with E-state index in [1.807, 2.05) is 31.2 Å². The lowest BCUT2D eigenvalue weighted by Crippen LogP contribution is -2.52. The maximum atomic E-state index is 12.9. The molecule has 2 aliphatic heterocycles. The second kappa shape index (κ2) is 7.96. The summed E-state index contributed by atoms with van der Waals surface area (Å²) in [6.45, 7) is 2.42. The van der Waals surface area contributed by atoms with E-state index < -0.39 is 11.9 Å². The van der Waals surface area contributed by atoms with Crippen molar-refractivity contribution in [2.75, 3.05) is 0 Å². The fourth-order valence-electron chi connectivity index (χ4n) is 4.05. The molecule has 8 nitrogen and oxygen atoms in total. The van der Waals surface area contributed by atoms with Crippen LogP contribution in [0.2, 0.25) is 0 Å². The maximum absolute atomic E-state index is 12.9. The van der Waals surface area contributed by atoms with Crippen LogP contribution in [-0.4, -0.2) is 33.6 Å². The van der Waals surface area contributed by atoms with E-state index in [4.69, 9.17) is 9.15 Å². The molecule has 1 atom stereocenters. The van der Waals surface area contributed by atoms with Crippen LogP contribution in [0.5, 0.6) is 5.75 Å². The second-order valence-electron chi connectivity index (χ2n) is 7.97. The average Bonchev–Trinajstić information content (AvgIpc) is 3.38. The van der Waals surface area contributed by atoms with Crippen molar-refractivity contribution in [3.05, 3.63) is 71.1 Å². The summed E-state index contributed by atoms with van der Waals surface area (Å²) in [5.41, 5.74) is 3.27. The van der Waals surface area contributed by atoms with Crippen LogP contribution in [0.25, 0.3) is 11.5 Å². The van der Waals surface area contributed by atoms with Gasteiger partial charge in [0, 0.05) is 23.1 Å². The first kappa shape index (κ1) is 20.0. The summed E-state index contributed by atoms with van der Waals surface area (Å²) in [5, 5.41) is 2.31. The van der Waals surface area contributed by atoms with E-state index in [9.17, 15) is 14.4 Å². The van der Waals surface area contributed by atoms with Crippen molar-refractivity contribution in [3.8, 4) is 17.2 Å². The van der Waals surface area contributed by atoms with Crippen molar-refractivity contribution >= 4 is 17.7 Å². The normalized spacial score (nSPS) is 18.0. The average molecular weight is 431 g/mol. The number of oxazole rings is 1. The van der Waals surface area contributed by atoms with Gasteiger partial charge in [-0.05, 0) is 37.6 Å². The topological polar surface area (TPSA) is 102 Å². The molecule has 162 valence electrons. The second-order valence-corrected chi connectivity index (χ2v) is 7.97. The van der Waals surface area contributed by atoms with Crippen molar-refractivity contribution in [1.29, 1.82) is 0 Å². The molecule has 0 aliphatic carbocycles. The number of carbonyl (C=O) groups excluding carboxylic acids is 3. The molecule has 5 rings (SSSR count). The molecule has 2 aliphatic rings. The highest BCUT2D eigenvalue weighted by Crippen LogP contribution is 2.34. The third-order valence-electron chi connectivity index (χ3n) is 5.76. The molecule has 8 heteroatoms. The number of aromatic nitrogens is 1. The Morgan fingerprint density at radius 2 is 1.97 bits per heavy atom. The van der Waals surface area contributed by atoms with Crippen LogP contribution in [0.1, 0.15) is 40.1 Å². The zero-order chi connectivity index (χ0) is 22.2. The van der Waals surface area contributed by atoms with Crippen LogP contribution in [0.4, 0.5) is 0 Å². The number of hydrogen-bond donors (Lipinski definition) is 1. The van der Waals surface area contributed by atoms with Gasteiger partial charge in [-0.2, -0.15) is 0 Å². The number of piperidine rings is 1. The standard InChI is InChI=1S/C24H21N3O5/c1-14-5-7-15(8-6-14)23-25-11-16(32-23)13-31-20-4-2-3-17-18(20)12-27(24(17)30)19-9-10-21(28)26-22(19)29/h2-8,11,19H,9-10,12-13H2,1H3,(H,26,28,29). The Labute approximate surface area is 184 Å². The molecule has 2 aromatic carbocycles. The number of aryl methyl sites for hydroxylation is 1. The van der Waals surface area contributed by atoms with Crippen LogP contribution in [0.3, 0.4) is 0 Å². The number of carbonyl (C=O) groups is 3. The SMILES string of the molecule is Cc1ccc(-c2ncc(COc3cccc4c3CN(C3CCC(=O)NC3=O)C4=O)o2)cc1. The lowest BCUT2D eigenvalue weighted by atomic mass is 10.0. The van der Waals surface area contributed by atoms with Gasteiger partial charge >= 0.3 is 0 Å². The van der Waals surface area contributed by atoms with Gasteiger partial charge in [0.15, 0.2) is 5.76 Å². The summed E-state index contributed by atoms with van der Waals surface area (Å²) in [7, 11) is 0. The molecule has 3 amide bonds. The smallest absolute Gasteiger partial charge is 0.255 e. The minimum atomic E-state index is -0.660. The molecule has 0 bridgehead atoms. The summed E-state index contributed by atoms with van der Waals surface area (Å²) in [4.78, 5) is 42.4. The molecule has 1 unspecified atom stereocenters. The van der Waals surface area contributed by atoms with E-state index in [-0.39, 0.29) is 31.4 Å². The molecule has 32 heavy (non-hydrogen) atoms. The van der Waals surface area contributed by atoms with Gasteiger partial charge in [-0.1, -0.05) is 23.8 Å². The van der Waals surface area contributed by atoms with Gasteiger partial charge in [0.2, 0.25) is 17.7 Å². The Balaban J connectivity index is 1.31. The maximum Gasteiger partial charge on any atom is 0.255 e. The molecule has 3 aromatic rings. The molecular formula is C24H21N3O5. The summed E-state index contributed by atoms with van der Waals surface area (Å²) < 4.78 is 11.8. The largest absolute Gasteiger partial charge is 0.485 e. The van der Waals surface area contributed by atoms with E-state index in [1.165, 1.54) is 4.90 Å². The number of hydrogen-bond acceptors (Lipinski definition) is 6. The van der Waals surface area contributed by atoms with Gasteiger partial charge in [0.1, 0.15) is 18.4 Å². The summed E-state index contributed by atoms with van der Waals surface area (Å²) in [6.07, 6.45) is 2.16. The fourth-order valence-corrected chi connectivity index (χ4v) is 4.05. The van der Waals surface area contributed by atoms with Gasteiger partial charge in [-0.3, -0.25) is 19.7 Å². The van der Waals surface area contributed by atoms with Crippen LogP contribution < -0.4 is 10.1 Å². The lowest BCUT2D eigenvalue weighted by Gasteiger charge is -2.29. The predicted octanol–water partition coefficient (Wildman–Crippen LogP) is 2.99. The first-order valence-electron chi connectivity index (χ1n) is 10.4. The van der Waals surface area contributed by atoms with Crippen LogP contribution >= 0.6 is 0 Å². The van der Waals surface area contributed by atoms with Gasteiger partial charge < -0.3 is 14.1 Å². The van der Waals surface area contributed by atoms with Gasteiger partial charge in [-0.15, -0.1) is 0 Å². The van der Waals surface area contributed by atoms with E-state index in [2.05, 4.69) is 10.3 Å². The third kappa shape index (κ3) is 3.64. The number of amides is 3. The molecule has 0 radical (unpaired) electrons. The minimum absolute atomic E-state index is 0.155. The monoisotopic (exact) mass is 431 g/mol. The Morgan fingerprint density at radius 3 is 2.75 bits per heavy atom. The van der Waals surface area contributed by atoms with E-state index in [1.54, 1.807) is 24.4 Å². The van der Waals surface area contributed by atoms with Crippen LogP contribution in [-0.2, 0) is 22.7 Å². The number of rotatable bonds is 5. The quantitative estimate of drug-likeness (QED) is 0.623. The van der Waals surface area contributed by atoms with Gasteiger partial charge in [0.25, 0.3) is 5.91 Å². The Hall–Kier alpha value is -3.94. The van der Waals surface area contributed by atoms with Crippen molar-refractivity contribution in [1.82, 2.24) is 15.2 Å². The molecule has 1 N–H and O–H groups in total. The third-order valence-corrected chi connectivity index (χ3v) is 5.76. The number of benzene rings is 2. The zero-order valence-electron chi connectivity index (χ0n) is 17.5.